The van der Waals surface area contributed by atoms with Crippen LogP contribution < -0.4 is 5.56 Å². The highest BCUT2D eigenvalue weighted by Gasteiger charge is 2.05. The minimum Gasteiger partial charge on any atom is -0.322 e. The van der Waals surface area contributed by atoms with E-state index >= 15 is 0 Å². The maximum atomic E-state index is 11.2. The number of H-pyrrole nitrogens is 1. The van der Waals surface area contributed by atoms with Gasteiger partial charge in [0.25, 0.3) is 0 Å². The molecule has 6 heteroatoms. The fourth-order valence-corrected chi connectivity index (χ4v) is 1.84. The monoisotopic (exact) mass is 246 g/mol. The number of aromatic amines is 1. The van der Waals surface area contributed by atoms with Crippen molar-refractivity contribution in [2.75, 3.05) is 0 Å². The van der Waals surface area contributed by atoms with Crippen LogP contribution in [-0.4, -0.2) is 19.5 Å². The summed E-state index contributed by atoms with van der Waals surface area (Å²) < 4.78 is 1.71. The summed E-state index contributed by atoms with van der Waals surface area (Å²) in [6.07, 6.45) is 4.87. The molecule has 3 heterocycles. The number of imidazole rings is 1. The summed E-state index contributed by atoms with van der Waals surface area (Å²) >= 11 is 5.77. The molecule has 5 nitrogen and oxygen atoms in total. The van der Waals surface area contributed by atoms with E-state index in [0.29, 0.717) is 11.0 Å². The van der Waals surface area contributed by atoms with Crippen LogP contribution in [0.2, 0.25) is 5.15 Å². The predicted molar refractivity (Wildman–Crippen MR) is 64.5 cm³/mol. The van der Waals surface area contributed by atoms with Crippen LogP contribution in [0.1, 0.15) is 0 Å². The molecule has 0 atom stereocenters. The molecule has 84 valence electrons. The van der Waals surface area contributed by atoms with Gasteiger partial charge >= 0.3 is 0 Å². The van der Waals surface area contributed by atoms with Gasteiger partial charge in [0.2, 0.25) is 5.56 Å². The second-order valence-corrected chi connectivity index (χ2v) is 3.91. The van der Waals surface area contributed by atoms with Crippen molar-refractivity contribution in [2.24, 2.45) is 0 Å². The number of aromatic nitrogens is 4. The fraction of sp³-hybridized carbons (Fsp3) is 0. The summed E-state index contributed by atoms with van der Waals surface area (Å²) in [5, 5.41) is 1.23. The molecule has 0 fully saturated rings. The van der Waals surface area contributed by atoms with Gasteiger partial charge in [0, 0.05) is 23.8 Å². The highest BCUT2D eigenvalue weighted by atomic mass is 35.5. The standard InChI is InChI=1S/C11H7ClN4O/c12-9-5-16(6-14-9)11-7-1-2-10(17)15-8(7)3-4-13-11/h1-6H,(H,15,17). The molecule has 3 rings (SSSR count). The number of pyridine rings is 2. The average molecular weight is 247 g/mol. The van der Waals surface area contributed by atoms with Crippen molar-refractivity contribution in [3.8, 4) is 5.82 Å². The van der Waals surface area contributed by atoms with Crippen LogP contribution >= 0.6 is 11.6 Å². The number of rotatable bonds is 1. The first-order chi connectivity index (χ1) is 8.24. The van der Waals surface area contributed by atoms with Crippen molar-refractivity contribution >= 4 is 22.5 Å². The van der Waals surface area contributed by atoms with Crippen LogP contribution in [0.5, 0.6) is 0 Å². The summed E-state index contributed by atoms with van der Waals surface area (Å²) in [6, 6.07) is 4.94. The predicted octanol–water partition coefficient (Wildman–Crippen LogP) is 1.76. The Morgan fingerprint density at radius 1 is 1.24 bits per heavy atom. The molecular weight excluding hydrogens is 240 g/mol. The topological polar surface area (TPSA) is 63.6 Å². The lowest BCUT2D eigenvalue weighted by Gasteiger charge is -2.04. The Labute approximate surface area is 101 Å². The van der Waals surface area contributed by atoms with Crippen LogP contribution in [0.3, 0.4) is 0 Å². The van der Waals surface area contributed by atoms with E-state index in [4.69, 9.17) is 11.6 Å². The summed E-state index contributed by atoms with van der Waals surface area (Å²) in [6.45, 7) is 0. The molecule has 3 aromatic heterocycles. The van der Waals surface area contributed by atoms with E-state index in [1.165, 1.54) is 6.07 Å². The van der Waals surface area contributed by atoms with Gasteiger partial charge in [0.1, 0.15) is 17.3 Å². The maximum absolute atomic E-state index is 11.2. The summed E-state index contributed by atoms with van der Waals surface area (Å²) in [7, 11) is 0. The molecule has 0 aliphatic rings. The van der Waals surface area contributed by atoms with E-state index in [-0.39, 0.29) is 5.56 Å². The van der Waals surface area contributed by atoms with Gasteiger partial charge < -0.3 is 4.98 Å². The van der Waals surface area contributed by atoms with Crippen molar-refractivity contribution in [2.45, 2.75) is 0 Å². The Hall–Kier alpha value is -2.14. The number of hydrogen-bond donors (Lipinski definition) is 1. The number of halogens is 1. The molecule has 0 aliphatic carbocycles. The largest absolute Gasteiger partial charge is 0.322 e. The number of hydrogen-bond acceptors (Lipinski definition) is 3. The van der Waals surface area contributed by atoms with Crippen molar-refractivity contribution in [3.63, 3.8) is 0 Å². The van der Waals surface area contributed by atoms with Gasteiger partial charge in [-0.25, -0.2) is 9.97 Å². The Morgan fingerprint density at radius 2 is 2.12 bits per heavy atom. The molecule has 17 heavy (non-hydrogen) atoms. The summed E-state index contributed by atoms with van der Waals surface area (Å²) in [4.78, 5) is 22.2. The van der Waals surface area contributed by atoms with Crippen molar-refractivity contribution in [1.82, 2.24) is 19.5 Å². The molecule has 0 amide bonds. The number of nitrogens with one attached hydrogen (secondary N) is 1. The van der Waals surface area contributed by atoms with Crippen molar-refractivity contribution < 1.29 is 0 Å². The van der Waals surface area contributed by atoms with E-state index in [1.54, 1.807) is 35.4 Å². The van der Waals surface area contributed by atoms with E-state index < -0.39 is 0 Å². The zero-order valence-corrected chi connectivity index (χ0v) is 9.35. The lowest BCUT2D eigenvalue weighted by atomic mass is 10.2. The number of fused-ring (bicyclic) bond motifs is 1. The highest BCUT2D eigenvalue weighted by molar-refractivity contribution is 6.29. The summed E-state index contributed by atoms with van der Waals surface area (Å²) in [5.41, 5.74) is 0.589. The van der Waals surface area contributed by atoms with Crippen LogP contribution in [0.4, 0.5) is 0 Å². The molecule has 3 aromatic rings. The first kappa shape index (κ1) is 10.0. The normalized spacial score (nSPS) is 10.9. The van der Waals surface area contributed by atoms with E-state index in [1.807, 2.05) is 0 Å². The van der Waals surface area contributed by atoms with Crippen LogP contribution in [0.25, 0.3) is 16.7 Å². The molecule has 0 spiro atoms. The van der Waals surface area contributed by atoms with Gasteiger partial charge in [-0.1, -0.05) is 11.6 Å². The Balaban J connectivity index is 2.33. The van der Waals surface area contributed by atoms with E-state index in [2.05, 4.69) is 15.0 Å². The van der Waals surface area contributed by atoms with Crippen LogP contribution in [0, 0.1) is 0 Å². The molecule has 0 aromatic carbocycles. The smallest absolute Gasteiger partial charge is 0.248 e. The first-order valence-corrected chi connectivity index (χ1v) is 5.30. The zero-order chi connectivity index (χ0) is 11.8. The second kappa shape index (κ2) is 3.71. The Bertz CT molecular complexity index is 746. The second-order valence-electron chi connectivity index (χ2n) is 3.52. The molecule has 1 N–H and O–H groups in total. The molecule has 0 saturated carbocycles. The summed E-state index contributed by atoms with van der Waals surface area (Å²) in [5.74, 6) is 0.679. The van der Waals surface area contributed by atoms with E-state index in [0.717, 1.165) is 10.9 Å². The van der Waals surface area contributed by atoms with Gasteiger partial charge in [-0.3, -0.25) is 9.36 Å². The first-order valence-electron chi connectivity index (χ1n) is 4.92. The van der Waals surface area contributed by atoms with Crippen molar-refractivity contribution in [3.05, 3.63) is 52.4 Å². The molecule has 0 unspecified atom stereocenters. The average Bonchev–Trinajstić information content (AvgIpc) is 2.74. The third kappa shape index (κ3) is 1.70. The fourth-order valence-electron chi connectivity index (χ4n) is 1.69. The molecule has 0 bridgehead atoms. The lowest BCUT2D eigenvalue weighted by Crippen LogP contribution is -2.04. The number of nitrogens with zero attached hydrogens (tertiary/aromatic N) is 3. The lowest BCUT2D eigenvalue weighted by molar-refractivity contribution is 1.01. The van der Waals surface area contributed by atoms with Gasteiger partial charge in [-0.05, 0) is 12.1 Å². The minimum absolute atomic E-state index is 0.140. The van der Waals surface area contributed by atoms with Crippen LogP contribution in [-0.2, 0) is 0 Å². The minimum atomic E-state index is -0.140. The highest BCUT2D eigenvalue weighted by Crippen LogP contribution is 2.18. The van der Waals surface area contributed by atoms with E-state index in [9.17, 15) is 4.79 Å². The molecular formula is C11H7ClN4O. The molecule has 0 radical (unpaired) electrons. The van der Waals surface area contributed by atoms with Gasteiger partial charge in [0.15, 0.2) is 0 Å². The Kier molecular flexibility index (Phi) is 2.19. The van der Waals surface area contributed by atoms with Gasteiger partial charge in [0.05, 0.1) is 5.52 Å². The SMILES string of the molecule is O=c1ccc2c(-n3cnc(Cl)c3)nccc2[nH]1. The maximum Gasteiger partial charge on any atom is 0.248 e. The van der Waals surface area contributed by atoms with Crippen molar-refractivity contribution in [1.29, 1.82) is 0 Å². The zero-order valence-electron chi connectivity index (χ0n) is 8.59. The third-order valence-electron chi connectivity index (χ3n) is 2.42. The molecule has 0 saturated heterocycles. The van der Waals surface area contributed by atoms with Gasteiger partial charge in [-0.2, -0.15) is 0 Å². The quantitative estimate of drug-likeness (QED) is 0.712. The van der Waals surface area contributed by atoms with Crippen LogP contribution in [0.15, 0.2) is 41.7 Å². The van der Waals surface area contributed by atoms with Gasteiger partial charge in [-0.15, -0.1) is 0 Å². The Morgan fingerprint density at radius 3 is 2.88 bits per heavy atom. The third-order valence-corrected chi connectivity index (χ3v) is 2.62. The molecule has 0 aliphatic heterocycles.